The smallest absolute Gasteiger partial charge is 0.329 e. The van der Waals surface area contributed by atoms with Crippen LogP contribution in [0.3, 0.4) is 0 Å². The van der Waals surface area contributed by atoms with E-state index in [0.717, 1.165) is 12.8 Å². The van der Waals surface area contributed by atoms with Crippen LogP contribution in [0.25, 0.3) is 0 Å². The highest BCUT2D eigenvalue weighted by molar-refractivity contribution is 6.00. The summed E-state index contributed by atoms with van der Waals surface area (Å²) in [5, 5.41) is 12.3. The van der Waals surface area contributed by atoms with Crippen LogP contribution < -0.4 is 14.8 Å². The predicted octanol–water partition coefficient (Wildman–Crippen LogP) is 2.47. The molecule has 1 aliphatic carbocycles. The van der Waals surface area contributed by atoms with Gasteiger partial charge in [0.2, 0.25) is 0 Å². The lowest BCUT2D eigenvalue weighted by molar-refractivity contribution is -0.146. The number of carboxylic acids is 1. The van der Waals surface area contributed by atoms with E-state index in [0.29, 0.717) is 30.3 Å². The SMILES string of the molecule is COc1ccc(OC)c(C(=O)NC2(C(=O)O)CCC(C)CC2)c1. The minimum atomic E-state index is -1.21. The zero-order chi connectivity index (χ0) is 17.0. The van der Waals surface area contributed by atoms with Crippen molar-refractivity contribution in [1.29, 1.82) is 0 Å². The van der Waals surface area contributed by atoms with Gasteiger partial charge in [-0.25, -0.2) is 4.79 Å². The Kier molecular flexibility index (Phi) is 5.13. The number of amides is 1. The van der Waals surface area contributed by atoms with Crippen LogP contribution in [0.4, 0.5) is 0 Å². The van der Waals surface area contributed by atoms with Crippen molar-refractivity contribution in [2.24, 2.45) is 5.92 Å². The summed E-state index contributed by atoms with van der Waals surface area (Å²) in [6.07, 6.45) is 2.42. The highest BCUT2D eigenvalue weighted by Gasteiger charge is 2.42. The van der Waals surface area contributed by atoms with E-state index in [2.05, 4.69) is 12.2 Å². The number of carbonyl (C=O) groups excluding carboxylic acids is 1. The van der Waals surface area contributed by atoms with E-state index in [9.17, 15) is 14.7 Å². The molecule has 1 aromatic carbocycles. The highest BCUT2D eigenvalue weighted by atomic mass is 16.5. The largest absolute Gasteiger partial charge is 0.497 e. The molecule has 0 atom stereocenters. The van der Waals surface area contributed by atoms with Crippen LogP contribution in [0.2, 0.25) is 0 Å². The number of hydrogen-bond donors (Lipinski definition) is 2. The first-order valence-corrected chi connectivity index (χ1v) is 7.70. The van der Waals surface area contributed by atoms with Gasteiger partial charge in [-0.05, 0) is 49.8 Å². The van der Waals surface area contributed by atoms with Gasteiger partial charge < -0.3 is 19.9 Å². The fraction of sp³-hybridized carbons (Fsp3) is 0.529. The number of carboxylic acid groups (broad SMARTS) is 1. The first kappa shape index (κ1) is 17.1. The molecule has 0 saturated heterocycles. The number of aliphatic carboxylic acids is 1. The van der Waals surface area contributed by atoms with Crippen molar-refractivity contribution in [3.8, 4) is 11.5 Å². The maximum atomic E-state index is 12.6. The van der Waals surface area contributed by atoms with Gasteiger partial charge in [0, 0.05) is 0 Å². The minimum absolute atomic E-state index is 0.270. The van der Waals surface area contributed by atoms with Crippen molar-refractivity contribution in [3.05, 3.63) is 23.8 Å². The van der Waals surface area contributed by atoms with E-state index in [1.807, 2.05) is 0 Å². The molecule has 1 fully saturated rings. The highest BCUT2D eigenvalue weighted by Crippen LogP contribution is 2.33. The normalized spacial score (nSPS) is 23.9. The van der Waals surface area contributed by atoms with E-state index in [-0.39, 0.29) is 5.56 Å². The summed E-state index contributed by atoms with van der Waals surface area (Å²) in [7, 11) is 2.97. The van der Waals surface area contributed by atoms with Gasteiger partial charge in [0.05, 0.1) is 19.8 Å². The van der Waals surface area contributed by atoms with E-state index in [1.54, 1.807) is 18.2 Å². The van der Waals surface area contributed by atoms with Crippen molar-refractivity contribution >= 4 is 11.9 Å². The molecule has 0 heterocycles. The van der Waals surface area contributed by atoms with Gasteiger partial charge in [0.15, 0.2) is 0 Å². The molecule has 23 heavy (non-hydrogen) atoms. The summed E-state index contributed by atoms with van der Waals surface area (Å²) in [6.45, 7) is 2.10. The first-order valence-electron chi connectivity index (χ1n) is 7.70. The number of methoxy groups -OCH3 is 2. The number of benzene rings is 1. The van der Waals surface area contributed by atoms with Gasteiger partial charge in [-0.1, -0.05) is 6.92 Å². The molecule has 6 heteroatoms. The standard InChI is InChI=1S/C17H23NO5/c1-11-6-8-17(9-7-11,16(20)21)18-15(19)13-10-12(22-2)4-5-14(13)23-3/h4-5,10-11H,6-9H2,1-3H3,(H,18,19)(H,20,21). The Bertz CT molecular complexity index is 591. The fourth-order valence-electron chi connectivity index (χ4n) is 2.92. The molecule has 2 N–H and O–H groups in total. The first-order chi connectivity index (χ1) is 10.9. The van der Waals surface area contributed by atoms with Crippen molar-refractivity contribution in [2.75, 3.05) is 14.2 Å². The van der Waals surface area contributed by atoms with E-state index in [4.69, 9.17) is 9.47 Å². The molecule has 0 aliphatic heterocycles. The quantitative estimate of drug-likeness (QED) is 0.870. The van der Waals surface area contributed by atoms with E-state index in [1.165, 1.54) is 14.2 Å². The molecular formula is C17H23NO5. The second-order valence-electron chi connectivity index (χ2n) is 6.09. The monoisotopic (exact) mass is 321 g/mol. The van der Waals surface area contributed by atoms with Crippen LogP contribution in [-0.2, 0) is 4.79 Å². The molecule has 1 aliphatic rings. The third-order valence-electron chi connectivity index (χ3n) is 4.54. The maximum absolute atomic E-state index is 12.6. The predicted molar refractivity (Wildman–Crippen MR) is 85.0 cm³/mol. The summed E-state index contributed by atoms with van der Waals surface area (Å²) in [6, 6.07) is 4.87. The molecule has 0 spiro atoms. The van der Waals surface area contributed by atoms with Crippen molar-refractivity contribution in [3.63, 3.8) is 0 Å². The Morgan fingerprint density at radius 3 is 2.39 bits per heavy atom. The second-order valence-corrected chi connectivity index (χ2v) is 6.09. The topological polar surface area (TPSA) is 84.9 Å². The third kappa shape index (κ3) is 3.57. The summed E-state index contributed by atoms with van der Waals surface area (Å²) in [4.78, 5) is 24.4. The molecule has 1 saturated carbocycles. The lowest BCUT2D eigenvalue weighted by atomic mass is 9.77. The van der Waals surface area contributed by atoms with E-state index < -0.39 is 17.4 Å². The van der Waals surface area contributed by atoms with Gasteiger partial charge in [-0.15, -0.1) is 0 Å². The Hall–Kier alpha value is -2.24. The number of carbonyl (C=O) groups is 2. The fourth-order valence-corrected chi connectivity index (χ4v) is 2.92. The Balaban J connectivity index is 2.27. The van der Waals surface area contributed by atoms with Crippen LogP contribution >= 0.6 is 0 Å². The molecule has 0 unspecified atom stereocenters. The van der Waals surface area contributed by atoms with Crippen LogP contribution in [0.1, 0.15) is 43.0 Å². The molecule has 0 radical (unpaired) electrons. The van der Waals surface area contributed by atoms with Crippen LogP contribution in [0, 0.1) is 5.92 Å². The van der Waals surface area contributed by atoms with Gasteiger partial charge in [-0.2, -0.15) is 0 Å². The molecule has 126 valence electrons. The Labute approximate surface area is 135 Å². The van der Waals surface area contributed by atoms with Crippen molar-refractivity contribution in [2.45, 2.75) is 38.1 Å². The van der Waals surface area contributed by atoms with Gasteiger partial charge in [-0.3, -0.25) is 4.79 Å². The number of nitrogens with one attached hydrogen (secondary N) is 1. The average Bonchev–Trinajstić information content (AvgIpc) is 2.56. The Morgan fingerprint density at radius 2 is 1.87 bits per heavy atom. The number of ether oxygens (including phenoxy) is 2. The van der Waals surface area contributed by atoms with Crippen LogP contribution in [0.15, 0.2) is 18.2 Å². The van der Waals surface area contributed by atoms with Crippen molar-refractivity contribution in [1.82, 2.24) is 5.32 Å². The van der Waals surface area contributed by atoms with E-state index >= 15 is 0 Å². The minimum Gasteiger partial charge on any atom is -0.497 e. The molecular weight excluding hydrogens is 298 g/mol. The zero-order valence-corrected chi connectivity index (χ0v) is 13.7. The third-order valence-corrected chi connectivity index (χ3v) is 4.54. The second kappa shape index (κ2) is 6.89. The molecule has 1 amide bonds. The zero-order valence-electron chi connectivity index (χ0n) is 13.7. The van der Waals surface area contributed by atoms with Crippen molar-refractivity contribution < 1.29 is 24.2 Å². The van der Waals surface area contributed by atoms with Crippen LogP contribution in [-0.4, -0.2) is 36.7 Å². The molecule has 1 aromatic rings. The summed E-state index contributed by atoms with van der Waals surface area (Å²) in [5.41, 5.74) is -0.941. The van der Waals surface area contributed by atoms with Gasteiger partial charge in [0.25, 0.3) is 5.91 Å². The lowest BCUT2D eigenvalue weighted by Gasteiger charge is -2.36. The molecule has 2 rings (SSSR count). The molecule has 0 aromatic heterocycles. The summed E-state index contributed by atoms with van der Waals surface area (Å²) < 4.78 is 10.3. The van der Waals surface area contributed by atoms with Gasteiger partial charge >= 0.3 is 5.97 Å². The average molecular weight is 321 g/mol. The summed E-state index contributed by atoms with van der Waals surface area (Å²) in [5.74, 6) is -0.0753. The Morgan fingerprint density at radius 1 is 1.22 bits per heavy atom. The number of rotatable bonds is 5. The maximum Gasteiger partial charge on any atom is 0.329 e. The molecule has 6 nitrogen and oxygen atoms in total. The summed E-state index contributed by atoms with van der Waals surface area (Å²) >= 11 is 0. The van der Waals surface area contributed by atoms with Crippen LogP contribution in [0.5, 0.6) is 11.5 Å². The van der Waals surface area contributed by atoms with Gasteiger partial charge in [0.1, 0.15) is 17.0 Å². The lowest BCUT2D eigenvalue weighted by Crippen LogP contribution is -2.56. The molecule has 0 bridgehead atoms. The number of hydrogen-bond acceptors (Lipinski definition) is 4.